The Labute approximate surface area is 157 Å². The number of carbonyl (C=O) groups is 2. The van der Waals surface area contributed by atoms with Gasteiger partial charge in [-0.1, -0.05) is 30.3 Å². The van der Waals surface area contributed by atoms with E-state index < -0.39 is 6.09 Å². The van der Waals surface area contributed by atoms with Crippen LogP contribution in [0.1, 0.15) is 34.7 Å². The van der Waals surface area contributed by atoms with Crippen LogP contribution in [0.5, 0.6) is 5.75 Å². The van der Waals surface area contributed by atoms with Gasteiger partial charge >= 0.3 is 6.09 Å². The number of hydrogen-bond acceptors (Lipinski definition) is 4. The van der Waals surface area contributed by atoms with Gasteiger partial charge in [0.05, 0.1) is 7.11 Å². The van der Waals surface area contributed by atoms with Crippen molar-refractivity contribution in [1.29, 1.82) is 0 Å². The Balaban J connectivity index is 1.41. The standard InChI is InChI=1S/C22H21NO4/c1-26-17-9-8-13-10-16(7-6-14(13)11-17)21(24)23-20-18-5-3-2-4-15(18)12-19(20)27-22(23)25/h2-5,8-9,11,16,19-20H,6-7,10,12H2,1H3/t16?,19-,20+/m0/s1. The number of hydrogen-bond donors (Lipinski definition) is 0. The molecule has 2 amide bonds. The Bertz CT molecular complexity index is 938. The average molecular weight is 363 g/mol. The number of amides is 2. The normalized spacial score (nSPS) is 25.4. The molecule has 2 aromatic rings. The number of imide groups is 1. The van der Waals surface area contributed by atoms with E-state index in [9.17, 15) is 9.59 Å². The van der Waals surface area contributed by atoms with Crippen molar-refractivity contribution < 1.29 is 19.1 Å². The molecule has 138 valence electrons. The van der Waals surface area contributed by atoms with Crippen molar-refractivity contribution in [3.63, 3.8) is 0 Å². The molecule has 5 heteroatoms. The van der Waals surface area contributed by atoms with Gasteiger partial charge < -0.3 is 9.47 Å². The molecule has 2 aliphatic carbocycles. The molecule has 1 saturated heterocycles. The maximum atomic E-state index is 13.3. The van der Waals surface area contributed by atoms with Crippen LogP contribution in [0.3, 0.4) is 0 Å². The summed E-state index contributed by atoms with van der Waals surface area (Å²) in [6, 6.07) is 13.7. The van der Waals surface area contributed by atoms with Crippen LogP contribution in [0.25, 0.3) is 0 Å². The largest absolute Gasteiger partial charge is 0.497 e. The number of benzene rings is 2. The fourth-order valence-electron chi connectivity index (χ4n) is 4.74. The lowest BCUT2D eigenvalue weighted by Gasteiger charge is -2.28. The fraction of sp³-hybridized carbons (Fsp3) is 0.364. The Morgan fingerprint density at radius 2 is 1.96 bits per heavy atom. The topological polar surface area (TPSA) is 55.8 Å². The molecule has 2 aromatic carbocycles. The van der Waals surface area contributed by atoms with Crippen LogP contribution in [0.2, 0.25) is 0 Å². The minimum Gasteiger partial charge on any atom is -0.497 e. The summed E-state index contributed by atoms with van der Waals surface area (Å²) in [5.74, 6) is 0.544. The van der Waals surface area contributed by atoms with Gasteiger partial charge in [0.1, 0.15) is 17.9 Å². The summed E-state index contributed by atoms with van der Waals surface area (Å²) in [6.07, 6.45) is 2.15. The van der Waals surface area contributed by atoms with Gasteiger partial charge in [-0.2, -0.15) is 0 Å². The monoisotopic (exact) mass is 363 g/mol. The smallest absolute Gasteiger partial charge is 0.417 e. The lowest BCUT2D eigenvalue weighted by molar-refractivity contribution is -0.134. The number of methoxy groups -OCH3 is 1. The van der Waals surface area contributed by atoms with Crippen LogP contribution in [0.4, 0.5) is 4.79 Å². The molecular formula is C22H21NO4. The van der Waals surface area contributed by atoms with Crippen molar-refractivity contribution in [3.05, 3.63) is 64.7 Å². The average Bonchev–Trinajstić information content (AvgIpc) is 3.20. The Hall–Kier alpha value is -2.82. The first-order valence-electron chi connectivity index (χ1n) is 9.43. The summed E-state index contributed by atoms with van der Waals surface area (Å²) in [5, 5.41) is 0. The van der Waals surface area contributed by atoms with Gasteiger partial charge in [-0.3, -0.25) is 4.79 Å². The highest BCUT2D eigenvalue weighted by molar-refractivity contribution is 5.95. The van der Waals surface area contributed by atoms with Gasteiger partial charge in [-0.25, -0.2) is 9.69 Å². The van der Waals surface area contributed by atoms with Crippen molar-refractivity contribution in [2.45, 2.75) is 37.8 Å². The molecular weight excluding hydrogens is 342 g/mol. The number of ether oxygens (including phenoxy) is 2. The predicted octanol–water partition coefficient (Wildman–Crippen LogP) is 3.44. The maximum Gasteiger partial charge on any atom is 0.417 e. The zero-order valence-electron chi connectivity index (χ0n) is 15.2. The zero-order chi connectivity index (χ0) is 18.5. The molecule has 1 heterocycles. The van der Waals surface area contributed by atoms with Gasteiger partial charge in [0.15, 0.2) is 0 Å². The van der Waals surface area contributed by atoms with E-state index in [0.29, 0.717) is 12.8 Å². The molecule has 0 bridgehead atoms. The molecule has 3 aliphatic rings. The lowest BCUT2D eigenvalue weighted by atomic mass is 9.83. The van der Waals surface area contributed by atoms with E-state index in [1.807, 2.05) is 42.5 Å². The van der Waals surface area contributed by atoms with E-state index in [1.165, 1.54) is 16.0 Å². The van der Waals surface area contributed by atoms with Gasteiger partial charge in [0.25, 0.3) is 0 Å². The van der Waals surface area contributed by atoms with Crippen molar-refractivity contribution in [2.75, 3.05) is 7.11 Å². The third kappa shape index (κ3) is 2.52. The third-order valence-electron chi connectivity index (χ3n) is 6.10. The summed E-state index contributed by atoms with van der Waals surface area (Å²) in [7, 11) is 1.66. The predicted molar refractivity (Wildman–Crippen MR) is 98.5 cm³/mol. The van der Waals surface area contributed by atoms with Crippen LogP contribution < -0.4 is 4.74 Å². The molecule has 0 radical (unpaired) electrons. The first-order valence-corrected chi connectivity index (χ1v) is 9.43. The molecule has 1 unspecified atom stereocenters. The van der Waals surface area contributed by atoms with E-state index in [4.69, 9.17) is 9.47 Å². The Morgan fingerprint density at radius 1 is 1.11 bits per heavy atom. The van der Waals surface area contributed by atoms with Gasteiger partial charge in [0, 0.05) is 12.3 Å². The second kappa shape index (κ2) is 6.12. The highest BCUT2D eigenvalue weighted by atomic mass is 16.6. The van der Waals surface area contributed by atoms with Crippen molar-refractivity contribution in [3.8, 4) is 5.75 Å². The first kappa shape index (κ1) is 16.4. The summed E-state index contributed by atoms with van der Waals surface area (Å²) >= 11 is 0. The molecule has 0 saturated carbocycles. The summed E-state index contributed by atoms with van der Waals surface area (Å²) < 4.78 is 10.8. The SMILES string of the molecule is COc1ccc2c(c1)CCC(C(=O)N1C(=O)O[C@H]3Cc4ccccc4[C@H]31)C2. The molecule has 27 heavy (non-hydrogen) atoms. The van der Waals surface area contributed by atoms with Gasteiger partial charge in [0.2, 0.25) is 5.91 Å². The van der Waals surface area contributed by atoms with E-state index in [-0.39, 0.29) is 24.0 Å². The second-order valence-electron chi connectivity index (χ2n) is 7.55. The second-order valence-corrected chi connectivity index (χ2v) is 7.55. The minimum absolute atomic E-state index is 0.106. The van der Waals surface area contributed by atoms with E-state index >= 15 is 0 Å². The fourth-order valence-corrected chi connectivity index (χ4v) is 4.74. The summed E-state index contributed by atoms with van der Waals surface area (Å²) in [5.41, 5.74) is 4.60. The molecule has 5 rings (SSSR count). The number of rotatable bonds is 2. The number of aryl methyl sites for hydroxylation is 1. The quantitative estimate of drug-likeness (QED) is 0.820. The van der Waals surface area contributed by atoms with E-state index in [0.717, 1.165) is 29.7 Å². The van der Waals surface area contributed by atoms with E-state index in [1.54, 1.807) is 7.11 Å². The van der Waals surface area contributed by atoms with E-state index in [2.05, 4.69) is 0 Å². The van der Waals surface area contributed by atoms with Crippen LogP contribution in [0, 0.1) is 5.92 Å². The Kier molecular flexibility index (Phi) is 3.71. The van der Waals surface area contributed by atoms with Gasteiger partial charge in [-0.05, 0) is 53.6 Å². The first-order chi connectivity index (χ1) is 13.2. The van der Waals surface area contributed by atoms with Crippen LogP contribution in [-0.4, -0.2) is 30.1 Å². The molecule has 3 atom stereocenters. The van der Waals surface area contributed by atoms with Crippen molar-refractivity contribution >= 4 is 12.0 Å². The van der Waals surface area contributed by atoms with Crippen LogP contribution >= 0.6 is 0 Å². The zero-order valence-corrected chi connectivity index (χ0v) is 15.2. The molecule has 0 spiro atoms. The van der Waals surface area contributed by atoms with Crippen molar-refractivity contribution in [1.82, 2.24) is 4.90 Å². The third-order valence-corrected chi connectivity index (χ3v) is 6.10. The number of nitrogens with zero attached hydrogens (tertiary/aromatic N) is 1. The minimum atomic E-state index is -0.495. The van der Waals surface area contributed by atoms with Crippen molar-refractivity contribution in [2.24, 2.45) is 5.92 Å². The summed E-state index contributed by atoms with van der Waals surface area (Å²) in [6.45, 7) is 0. The highest BCUT2D eigenvalue weighted by Crippen LogP contribution is 2.44. The Morgan fingerprint density at radius 3 is 2.81 bits per heavy atom. The molecule has 1 aliphatic heterocycles. The summed E-state index contributed by atoms with van der Waals surface area (Å²) in [4.78, 5) is 27.2. The van der Waals surface area contributed by atoms with Crippen LogP contribution in [-0.2, 0) is 28.8 Å². The van der Waals surface area contributed by atoms with Crippen LogP contribution in [0.15, 0.2) is 42.5 Å². The molecule has 0 N–H and O–H groups in total. The number of fused-ring (bicyclic) bond motifs is 4. The number of carbonyl (C=O) groups excluding carboxylic acids is 2. The lowest BCUT2D eigenvalue weighted by Crippen LogP contribution is -2.40. The maximum absolute atomic E-state index is 13.3. The molecule has 1 fully saturated rings. The molecule has 0 aromatic heterocycles. The molecule has 5 nitrogen and oxygen atoms in total. The van der Waals surface area contributed by atoms with Gasteiger partial charge in [-0.15, -0.1) is 0 Å². The highest BCUT2D eigenvalue weighted by Gasteiger charge is 2.51.